The van der Waals surface area contributed by atoms with Crippen molar-refractivity contribution in [3.05, 3.63) is 98.6 Å². The van der Waals surface area contributed by atoms with Crippen LogP contribution in [0.5, 0.6) is 0 Å². The minimum Gasteiger partial charge on any atom is -0.360 e. The lowest BCUT2D eigenvalue weighted by molar-refractivity contribution is 0.614. The van der Waals surface area contributed by atoms with E-state index in [1.807, 2.05) is 0 Å². The number of benzene rings is 1. The van der Waals surface area contributed by atoms with E-state index in [2.05, 4.69) is 31.8 Å². The Hall–Kier alpha value is -4.18. The Morgan fingerprint density at radius 3 is 2.71 bits per heavy atom. The van der Waals surface area contributed by atoms with Gasteiger partial charge in [0, 0.05) is 24.0 Å². The van der Waals surface area contributed by atoms with Crippen LogP contribution in [0.25, 0.3) is 27.6 Å². The summed E-state index contributed by atoms with van der Waals surface area (Å²) in [4.78, 5) is 41.6. The molecule has 0 aliphatic rings. The first-order valence-electron chi connectivity index (χ1n) is 10.4. The zero-order chi connectivity index (χ0) is 25.3. The van der Waals surface area contributed by atoms with Crippen molar-refractivity contribution < 1.29 is 8.78 Å². The number of rotatable bonds is 6. The number of nitrogens with one attached hydrogen (secondary N) is 2. The maximum Gasteiger partial charge on any atom is 0.267 e. The molecule has 4 rings (SSSR count). The smallest absolute Gasteiger partial charge is 0.267 e. The minimum atomic E-state index is -0.943. The average molecular weight is 497 g/mol. The van der Waals surface area contributed by atoms with E-state index in [0.29, 0.717) is 17.2 Å². The Bertz CT molecular complexity index is 1650. The van der Waals surface area contributed by atoms with Gasteiger partial charge in [-0.15, -0.1) is 0 Å². The topological polar surface area (TPSA) is 106 Å². The summed E-state index contributed by atoms with van der Waals surface area (Å²) in [6.45, 7) is 6.55. The minimum absolute atomic E-state index is 0.103. The molecule has 0 radical (unpaired) electrons. The zero-order valence-electron chi connectivity index (χ0n) is 18.6. The molecule has 11 heteroatoms. The molecule has 8 nitrogen and oxygen atoms in total. The highest BCUT2D eigenvalue weighted by Crippen LogP contribution is 2.25. The van der Waals surface area contributed by atoms with Gasteiger partial charge in [-0.25, -0.2) is 23.7 Å². The molecule has 178 valence electrons. The molecule has 0 saturated heterocycles. The quantitative estimate of drug-likeness (QED) is 0.362. The molecule has 4 aromatic rings. The van der Waals surface area contributed by atoms with Gasteiger partial charge in [0.15, 0.2) is 5.43 Å². The van der Waals surface area contributed by atoms with Crippen LogP contribution in [0, 0.1) is 0 Å². The SMILES string of the molecule is C=C(/C=C(F)\C=C(/C)F)n1c(C(C)Nc2ncnc3[nH]ccc(=O)c23)nc2cccc(Cl)c2c1=O. The number of H-pyrrole nitrogens is 1. The fraction of sp³-hybridized carbons (Fsp3) is 0.125. The number of allylic oxidation sites excluding steroid dienone is 5. The Labute approximate surface area is 202 Å². The molecule has 1 unspecified atom stereocenters. The summed E-state index contributed by atoms with van der Waals surface area (Å²) < 4.78 is 28.5. The van der Waals surface area contributed by atoms with E-state index in [1.54, 1.807) is 19.1 Å². The Balaban J connectivity index is 1.91. The van der Waals surface area contributed by atoms with Crippen LogP contribution in [-0.4, -0.2) is 24.5 Å². The summed E-state index contributed by atoms with van der Waals surface area (Å²) in [5, 5.41) is 3.56. The van der Waals surface area contributed by atoms with E-state index in [4.69, 9.17) is 11.6 Å². The maximum atomic E-state index is 14.3. The van der Waals surface area contributed by atoms with E-state index >= 15 is 0 Å². The fourth-order valence-corrected chi connectivity index (χ4v) is 3.87. The van der Waals surface area contributed by atoms with Gasteiger partial charge in [-0.2, -0.15) is 0 Å². The Kier molecular flexibility index (Phi) is 6.57. The molecular weight excluding hydrogens is 478 g/mol. The summed E-state index contributed by atoms with van der Waals surface area (Å²) >= 11 is 6.26. The van der Waals surface area contributed by atoms with Gasteiger partial charge in [-0.05, 0) is 32.1 Å². The first-order valence-corrected chi connectivity index (χ1v) is 10.8. The summed E-state index contributed by atoms with van der Waals surface area (Å²) in [5.74, 6) is -1.35. The predicted octanol–water partition coefficient (Wildman–Crippen LogP) is 5.05. The second kappa shape index (κ2) is 9.59. The summed E-state index contributed by atoms with van der Waals surface area (Å²) in [7, 11) is 0. The Morgan fingerprint density at radius 1 is 1.20 bits per heavy atom. The van der Waals surface area contributed by atoms with Crippen LogP contribution < -0.4 is 16.3 Å². The molecule has 0 amide bonds. The van der Waals surface area contributed by atoms with Crippen molar-refractivity contribution >= 4 is 45.1 Å². The molecule has 2 N–H and O–H groups in total. The summed E-state index contributed by atoms with van der Waals surface area (Å²) in [6, 6.07) is 5.40. The third-order valence-corrected chi connectivity index (χ3v) is 5.41. The Morgan fingerprint density at radius 2 is 1.97 bits per heavy atom. The molecule has 0 aliphatic heterocycles. The first kappa shape index (κ1) is 24.0. The van der Waals surface area contributed by atoms with Crippen LogP contribution in [0.4, 0.5) is 14.6 Å². The number of hydrogen-bond acceptors (Lipinski definition) is 6. The van der Waals surface area contributed by atoms with E-state index in [0.717, 1.165) is 17.6 Å². The van der Waals surface area contributed by atoms with Crippen molar-refractivity contribution in [2.45, 2.75) is 19.9 Å². The van der Waals surface area contributed by atoms with Crippen LogP contribution in [0.3, 0.4) is 0 Å². The number of aromatic nitrogens is 5. The number of fused-ring (bicyclic) bond motifs is 2. The monoisotopic (exact) mass is 496 g/mol. The molecule has 3 aromatic heterocycles. The molecule has 0 spiro atoms. The summed E-state index contributed by atoms with van der Waals surface area (Å²) in [6.07, 6.45) is 4.32. The number of halogens is 3. The lowest BCUT2D eigenvalue weighted by Gasteiger charge is -2.20. The van der Waals surface area contributed by atoms with Gasteiger partial charge in [0.05, 0.1) is 27.8 Å². The van der Waals surface area contributed by atoms with Gasteiger partial charge < -0.3 is 10.3 Å². The van der Waals surface area contributed by atoms with Crippen molar-refractivity contribution in [2.75, 3.05) is 5.32 Å². The van der Waals surface area contributed by atoms with Gasteiger partial charge in [0.1, 0.15) is 34.8 Å². The third-order valence-electron chi connectivity index (χ3n) is 5.09. The molecule has 0 saturated carbocycles. The van der Waals surface area contributed by atoms with Crippen molar-refractivity contribution in [3.8, 4) is 0 Å². The van der Waals surface area contributed by atoms with Crippen LogP contribution >= 0.6 is 11.6 Å². The number of hydrogen-bond donors (Lipinski definition) is 2. The largest absolute Gasteiger partial charge is 0.360 e. The fourth-order valence-electron chi connectivity index (χ4n) is 3.62. The van der Waals surface area contributed by atoms with Gasteiger partial charge in [-0.3, -0.25) is 14.2 Å². The van der Waals surface area contributed by atoms with Gasteiger partial charge in [0.2, 0.25) is 0 Å². The molecule has 1 aromatic carbocycles. The van der Waals surface area contributed by atoms with E-state index < -0.39 is 23.3 Å². The molecular formula is C24H19ClF2N6O2. The normalized spacial score (nSPS) is 13.3. The van der Waals surface area contributed by atoms with E-state index in [9.17, 15) is 18.4 Å². The highest BCUT2D eigenvalue weighted by Gasteiger charge is 2.21. The van der Waals surface area contributed by atoms with E-state index in [-0.39, 0.29) is 38.6 Å². The van der Waals surface area contributed by atoms with Gasteiger partial charge in [-0.1, -0.05) is 24.2 Å². The number of anilines is 1. The van der Waals surface area contributed by atoms with Crippen LogP contribution in [-0.2, 0) is 0 Å². The highest BCUT2D eigenvalue weighted by molar-refractivity contribution is 6.35. The molecule has 35 heavy (non-hydrogen) atoms. The van der Waals surface area contributed by atoms with Crippen LogP contribution in [0.15, 0.2) is 76.8 Å². The third kappa shape index (κ3) is 4.73. The first-order chi connectivity index (χ1) is 16.7. The second-order valence-corrected chi connectivity index (χ2v) is 8.06. The highest BCUT2D eigenvalue weighted by atomic mass is 35.5. The molecule has 1 atom stereocenters. The number of nitrogens with zero attached hydrogens (tertiary/aromatic N) is 4. The molecule has 0 aliphatic carbocycles. The predicted molar refractivity (Wildman–Crippen MR) is 133 cm³/mol. The second-order valence-electron chi connectivity index (χ2n) is 7.65. The summed E-state index contributed by atoms with van der Waals surface area (Å²) in [5.41, 5.74) is -0.379. The van der Waals surface area contributed by atoms with Crippen LogP contribution in [0.2, 0.25) is 5.02 Å². The lowest BCUT2D eigenvalue weighted by atomic mass is 10.2. The lowest BCUT2D eigenvalue weighted by Crippen LogP contribution is -2.28. The zero-order valence-corrected chi connectivity index (χ0v) is 19.4. The standard InChI is InChI=1S/C24H19ClF2N6O2/c1-12(26)9-15(27)10-13(2)33-23(32-17-6-4-5-16(25)19(17)24(33)35)14(3)31-22-20-18(34)7-8-28-21(20)29-11-30-22/h4-11,14H,2H2,1,3H3,(H2,28,29,30,31,34)/b12-9+,15-10+. The van der Waals surface area contributed by atoms with Gasteiger partial charge in [0.25, 0.3) is 5.56 Å². The van der Waals surface area contributed by atoms with Crippen molar-refractivity contribution in [1.82, 2.24) is 24.5 Å². The molecule has 3 heterocycles. The average Bonchev–Trinajstić information content (AvgIpc) is 2.78. The van der Waals surface area contributed by atoms with Crippen molar-refractivity contribution in [2.24, 2.45) is 0 Å². The van der Waals surface area contributed by atoms with Crippen LogP contribution in [0.1, 0.15) is 25.7 Å². The van der Waals surface area contributed by atoms with Gasteiger partial charge >= 0.3 is 0 Å². The number of pyridine rings is 1. The van der Waals surface area contributed by atoms with E-state index in [1.165, 1.54) is 24.7 Å². The molecule has 0 fully saturated rings. The van der Waals surface area contributed by atoms with Crippen molar-refractivity contribution in [1.29, 1.82) is 0 Å². The van der Waals surface area contributed by atoms with Crippen molar-refractivity contribution in [3.63, 3.8) is 0 Å². The maximum absolute atomic E-state index is 14.3. The number of aromatic amines is 1. The molecule has 0 bridgehead atoms.